The SMILES string of the molecule is CCCNC1CCCCCC1c1ccc(C)c(C)c1. The number of hydrogen-bond donors (Lipinski definition) is 1. The molecule has 0 spiro atoms. The topological polar surface area (TPSA) is 12.0 Å². The summed E-state index contributed by atoms with van der Waals surface area (Å²) in [5.41, 5.74) is 4.41. The van der Waals surface area contributed by atoms with Gasteiger partial charge in [-0.25, -0.2) is 0 Å². The zero-order valence-electron chi connectivity index (χ0n) is 12.8. The van der Waals surface area contributed by atoms with Crippen molar-refractivity contribution in [3.63, 3.8) is 0 Å². The van der Waals surface area contributed by atoms with Crippen LogP contribution in [0.1, 0.15) is 68.1 Å². The van der Waals surface area contributed by atoms with Crippen molar-refractivity contribution in [3.8, 4) is 0 Å². The summed E-state index contributed by atoms with van der Waals surface area (Å²) in [4.78, 5) is 0. The van der Waals surface area contributed by atoms with E-state index in [4.69, 9.17) is 0 Å². The van der Waals surface area contributed by atoms with Crippen LogP contribution in [0.25, 0.3) is 0 Å². The van der Waals surface area contributed by atoms with E-state index in [0.717, 1.165) is 6.54 Å². The Hall–Kier alpha value is -0.820. The average molecular weight is 259 g/mol. The maximum Gasteiger partial charge on any atom is 0.0136 e. The van der Waals surface area contributed by atoms with E-state index in [9.17, 15) is 0 Å². The Kier molecular flexibility index (Phi) is 5.45. The Morgan fingerprint density at radius 3 is 2.58 bits per heavy atom. The normalized spacial score (nSPS) is 24.2. The van der Waals surface area contributed by atoms with Crippen molar-refractivity contribution in [2.45, 2.75) is 71.3 Å². The number of benzene rings is 1. The molecule has 1 saturated carbocycles. The summed E-state index contributed by atoms with van der Waals surface area (Å²) in [6.07, 6.45) is 8.12. The van der Waals surface area contributed by atoms with Gasteiger partial charge in [-0.2, -0.15) is 0 Å². The molecule has 1 fully saturated rings. The first-order chi connectivity index (χ1) is 9.22. The van der Waals surface area contributed by atoms with Gasteiger partial charge in [-0.15, -0.1) is 0 Å². The first-order valence-corrected chi connectivity index (χ1v) is 8.03. The van der Waals surface area contributed by atoms with Gasteiger partial charge in [-0.05, 0) is 62.3 Å². The van der Waals surface area contributed by atoms with Gasteiger partial charge in [0.25, 0.3) is 0 Å². The minimum absolute atomic E-state index is 0.685. The molecule has 2 unspecified atom stereocenters. The molecule has 0 heterocycles. The molecule has 1 N–H and O–H groups in total. The van der Waals surface area contributed by atoms with Crippen LogP contribution in [0.15, 0.2) is 18.2 Å². The Morgan fingerprint density at radius 1 is 1.05 bits per heavy atom. The first-order valence-electron chi connectivity index (χ1n) is 8.03. The third-order valence-corrected chi connectivity index (χ3v) is 4.63. The fourth-order valence-electron chi connectivity index (χ4n) is 3.28. The predicted octanol–water partition coefficient (Wildman–Crippen LogP) is 4.72. The van der Waals surface area contributed by atoms with E-state index >= 15 is 0 Å². The van der Waals surface area contributed by atoms with Crippen molar-refractivity contribution < 1.29 is 0 Å². The molecule has 106 valence electrons. The summed E-state index contributed by atoms with van der Waals surface area (Å²) in [5, 5.41) is 3.79. The highest BCUT2D eigenvalue weighted by Gasteiger charge is 2.24. The van der Waals surface area contributed by atoms with E-state index in [2.05, 4.69) is 44.3 Å². The minimum Gasteiger partial charge on any atom is -0.313 e. The fraction of sp³-hybridized carbons (Fsp3) is 0.667. The van der Waals surface area contributed by atoms with Crippen molar-refractivity contribution in [2.75, 3.05) is 6.54 Å². The van der Waals surface area contributed by atoms with E-state index in [1.165, 1.54) is 49.7 Å². The Balaban J connectivity index is 2.18. The third kappa shape index (κ3) is 3.82. The van der Waals surface area contributed by atoms with Gasteiger partial charge in [0.05, 0.1) is 0 Å². The Labute approximate surface area is 118 Å². The molecule has 0 aromatic heterocycles. The highest BCUT2D eigenvalue weighted by Crippen LogP contribution is 2.32. The monoisotopic (exact) mass is 259 g/mol. The molecule has 1 aromatic carbocycles. The quantitative estimate of drug-likeness (QED) is 0.772. The Bertz CT molecular complexity index is 397. The molecule has 1 aliphatic carbocycles. The smallest absolute Gasteiger partial charge is 0.0136 e. The van der Waals surface area contributed by atoms with Crippen molar-refractivity contribution in [1.82, 2.24) is 5.32 Å². The van der Waals surface area contributed by atoms with Crippen LogP contribution in [0, 0.1) is 13.8 Å². The van der Waals surface area contributed by atoms with Crippen LogP contribution < -0.4 is 5.32 Å². The molecule has 0 saturated heterocycles. The molecule has 1 aromatic rings. The lowest BCUT2D eigenvalue weighted by atomic mass is 9.86. The molecule has 1 nitrogen and oxygen atoms in total. The zero-order valence-corrected chi connectivity index (χ0v) is 12.8. The van der Waals surface area contributed by atoms with Crippen LogP contribution in [0.5, 0.6) is 0 Å². The van der Waals surface area contributed by atoms with Crippen LogP contribution >= 0.6 is 0 Å². The lowest BCUT2D eigenvalue weighted by molar-refractivity contribution is 0.411. The standard InChI is InChI=1S/C18H29N/c1-4-12-19-18-9-7-5-6-8-17(18)16-11-10-14(2)15(3)13-16/h10-11,13,17-19H,4-9,12H2,1-3H3. The number of nitrogens with one attached hydrogen (secondary N) is 1. The molecular weight excluding hydrogens is 230 g/mol. The van der Waals surface area contributed by atoms with Crippen LogP contribution in [-0.2, 0) is 0 Å². The lowest BCUT2D eigenvalue weighted by Crippen LogP contribution is -2.34. The maximum atomic E-state index is 3.79. The van der Waals surface area contributed by atoms with E-state index in [1.54, 1.807) is 5.56 Å². The molecule has 1 aliphatic rings. The van der Waals surface area contributed by atoms with Crippen LogP contribution in [0.3, 0.4) is 0 Å². The van der Waals surface area contributed by atoms with E-state index in [1.807, 2.05) is 0 Å². The number of rotatable bonds is 4. The lowest BCUT2D eigenvalue weighted by Gasteiger charge is -2.27. The van der Waals surface area contributed by atoms with Gasteiger partial charge in [0.1, 0.15) is 0 Å². The van der Waals surface area contributed by atoms with Crippen molar-refractivity contribution in [3.05, 3.63) is 34.9 Å². The Morgan fingerprint density at radius 2 is 1.84 bits per heavy atom. The molecule has 1 heteroatoms. The summed E-state index contributed by atoms with van der Waals surface area (Å²) in [6, 6.07) is 7.77. The maximum absolute atomic E-state index is 3.79. The second kappa shape index (κ2) is 7.09. The minimum atomic E-state index is 0.685. The van der Waals surface area contributed by atoms with Crippen LogP contribution in [0.4, 0.5) is 0 Å². The molecule has 0 amide bonds. The van der Waals surface area contributed by atoms with E-state index < -0.39 is 0 Å². The van der Waals surface area contributed by atoms with Gasteiger partial charge in [-0.3, -0.25) is 0 Å². The molecule has 0 aliphatic heterocycles. The number of hydrogen-bond acceptors (Lipinski definition) is 1. The second-order valence-corrected chi connectivity index (χ2v) is 6.15. The van der Waals surface area contributed by atoms with Crippen LogP contribution in [0.2, 0.25) is 0 Å². The molecule has 2 atom stereocenters. The summed E-state index contributed by atoms with van der Waals surface area (Å²) >= 11 is 0. The van der Waals surface area contributed by atoms with Gasteiger partial charge in [-0.1, -0.05) is 44.4 Å². The van der Waals surface area contributed by atoms with Gasteiger partial charge in [0, 0.05) is 6.04 Å². The van der Waals surface area contributed by atoms with Crippen molar-refractivity contribution in [2.24, 2.45) is 0 Å². The fourth-order valence-corrected chi connectivity index (χ4v) is 3.28. The third-order valence-electron chi connectivity index (χ3n) is 4.63. The van der Waals surface area contributed by atoms with Gasteiger partial charge in [0.15, 0.2) is 0 Å². The summed E-state index contributed by atoms with van der Waals surface area (Å²) in [5.74, 6) is 0.716. The van der Waals surface area contributed by atoms with Crippen molar-refractivity contribution >= 4 is 0 Å². The predicted molar refractivity (Wildman–Crippen MR) is 83.8 cm³/mol. The highest BCUT2D eigenvalue weighted by atomic mass is 14.9. The summed E-state index contributed by atoms with van der Waals surface area (Å²) < 4.78 is 0. The second-order valence-electron chi connectivity index (χ2n) is 6.15. The zero-order chi connectivity index (χ0) is 13.7. The van der Waals surface area contributed by atoms with Crippen molar-refractivity contribution in [1.29, 1.82) is 0 Å². The molecule has 19 heavy (non-hydrogen) atoms. The van der Waals surface area contributed by atoms with Gasteiger partial charge < -0.3 is 5.32 Å². The van der Waals surface area contributed by atoms with Crippen LogP contribution in [-0.4, -0.2) is 12.6 Å². The average Bonchev–Trinajstić information content (AvgIpc) is 2.65. The molecule has 0 bridgehead atoms. The van der Waals surface area contributed by atoms with Gasteiger partial charge >= 0.3 is 0 Å². The first kappa shape index (κ1) is 14.6. The molecular formula is C18H29N. The largest absolute Gasteiger partial charge is 0.313 e. The summed E-state index contributed by atoms with van der Waals surface area (Å²) in [6.45, 7) is 7.86. The van der Waals surface area contributed by atoms with E-state index in [-0.39, 0.29) is 0 Å². The van der Waals surface area contributed by atoms with Gasteiger partial charge in [0.2, 0.25) is 0 Å². The highest BCUT2D eigenvalue weighted by molar-refractivity contribution is 5.32. The molecule has 0 radical (unpaired) electrons. The van der Waals surface area contributed by atoms with E-state index in [0.29, 0.717) is 12.0 Å². The summed E-state index contributed by atoms with van der Waals surface area (Å²) in [7, 11) is 0. The molecule has 2 rings (SSSR count). The number of aryl methyl sites for hydroxylation is 2.